The molecule has 0 heterocycles. The standard InChI is InChI=1S/C21H19F2NO4/c22-16-5-2-6-17(23)21(16)24-19(26)12-28-20(27)10-9-18(25)15-8-7-13-3-1-4-14(13)11-15/h2,5-8,11H,1,3-4,9-10,12H2,(H,24,26). The van der Waals surface area contributed by atoms with E-state index in [1.165, 1.54) is 17.2 Å². The molecule has 3 rings (SSSR count). The van der Waals surface area contributed by atoms with E-state index in [9.17, 15) is 23.2 Å². The first-order valence-corrected chi connectivity index (χ1v) is 8.98. The summed E-state index contributed by atoms with van der Waals surface area (Å²) in [7, 11) is 0. The molecule has 0 bridgehead atoms. The van der Waals surface area contributed by atoms with Crippen LogP contribution in [0, 0.1) is 11.6 Å². The van der Waals surface area contributed by atoms with Crippen molar-refractivity contribution in [3.05, 3.63) is 64.7 Å². The molecule has 7 heteroatoms. The van der Waals surface area contributed by atoms with Crippen LogP contribution in [0.5, 0.6) is 0 Å². The summed E-state index contributed by atoms with van der Waals surface area (Å²) in [5.74, 6) is -3.65. The minimum absolute atomic E-state index is 0.0405. The lowest BCUT2D eigenvalue weighted by atomic mass is 10.0. The summed E-state index contributed by atoms with van der Waals surface area (Å²) in [6.45, 7) is -0.695. The summed E-state index contributed by atoms with van der Waals surface area (Å²) < 4.78 is 31.7. The zero-order valence-electron chi connectivity index (χ0n) is 15.1. The maximum atomic E-state index is 13.5. The number of benzene rings is 2. The monoisotopic (exact) mass is 387 g/mol. The van der Waals surface area contributed by atoms with Gasteiger partial charge >= 0.3 is 5.97 Å². The molecule has 1 N–H and O–H groups in total. The second-order valence-electron chi connectivity index (χ2n) is 6.57. The van der Waals surface area contributed by atoms with Gasteiger partial charge < -0.3 is 10.1 Å². The Bertz CT molecular complexity index is 906. The molecule has 0 aromatic heterocycles. The number of hydrogen-bond acceptors (Lipinski definition) is 4. The van der Waals surface area contributed by atoms with E-state index in [2.05, 4.69) is 0 Å². The average molecular weight is 387 g/mol. The van der Waals surface area contributed by atoms with Crippen molar-refractivity contribution in [2.75, 3.05) is 11.9 Å². The van der Waals surface area contributed by atoms with Crippen LogP contribution >= 0.6 is 0 Å². The van der Waals surface area contributed by atoms with Gasteiger partial charge in [0.25, 0.3) is 5.91 Å². The molecule has 0 aliphatic heterocycles. The van der Waals surface area contributed by atoms with Crippen LogP contribution in [0.25, 0.3) is 0 Å². The molecule has 0 saturated carbocycles. The van der Waals surface area contributed by atoms with Gasteiger partial charge in [0.1, 0.15) is 17.3 Å². The summed E-state index contributed by atoms with van der Waals surface area (Å²) >= 11 is 0. The maximum absolute atomic E-state index is 13.5. The Morgan fingerprint density at radius 2 is 1.68 bits per heavy atom. The average Bonchev–Trinajstić information content (AvgIpc) is 3.15. The van der Waals surface area contributed by atoms with Crippen molar-refractivity contribution in [3.8, 4) is 0 Å². The second kappa shape index (κ2) is 8.73. The number of halogens is 2. The normalized spacial score (nSPS) is 12.4. The number of ketones is 1. The first-order valence-electron chi connectivity index (χ1n) is 8.98. The first kappa shape index (κ1) is 19.7. The fourth-order valence-electron chi connectivity index (χ4n) is 3.12. The molecule has 0 atom stereocenters. The van der Waals surface area contributed by atoms with Crippen molar-refractivity contribution < 1.29 is 27.9 Å². The van der Waals surface area contributed by atoms with Gasteiger partial charge in [-0.05, 0) is 48.6 Å². The molecule has 1 aliphatic rings. The molecule has 0 fully saturated rings. The predicted octanol–water partition coefficient (Wildman–Crippen LogP) is 3.60. The summed E-state index contributed by atoms with van der Waals surface area (Å²) in [6, 6.07) is 8.73. The molecule has 2 aromatic carbocycles. The predicted molar refractivity (Wildman–Crippen MR) is 98.0 cm³/mol. The lowest BCUT2D eigenvalue weighted by molar-refractivity contribution is -0.147. The van der Waals surface area contributed by atoms with Crippen LogP contribution < -0.4 is 5.32 Å². The van der Waals surface area contributed by atoms with E-state index >= 15 is 0 Å². The highest BCUT2D eigenvalue weighted by Gasteiger charge is 2.17. The van der Waals surface area contributed by atoms with Crippen molar-refractivity contribution >= 4 is 23.3 Å². The maximum Gasteiger partial charge on any atom is 0.306 e. The van der Waals surface area contributed by atoms with Crippen LogP contribution in [0.3, 0.4) is 0 Å². The highest BCUT2D eigenvalue weighted by atomic mass is 19.1. The van der Waals surface area contributed by atoms with Gasteiger partial charge in [0.05, 0.1) is 6.42 Å². The number of Topliss-reactive ketones (excluding diaryl/α,β-unsaturated/α-hetero) is 1. The lowest BCUT2D eigenvalue weighted by Gasteiger charge is -2.08. The number of carbonyl (C=O) groups excluding carboxylic acids is 3. The van der Waals surface area contributed by atoms with E-state index in [0.29, 0.717) is 5.56 Å². The van der Waals surface area contributed by atoms with Gasteiger partial charge in [-0.2, -0.15) is 0 Å². The Hall–Kier alpha value is -3.09. The number of hydrogen-bond donors (Lipinski definition) is 1. The highest BCUT2D eigenvalue weighted by Crippen LogP contribution is 2.23. The van der Waals surface area contributed by atoms with E-state index in [1.807, 2.05) is 17.4 Å². The molecular formula is C21H19F2NO4. The number of anilines is 1. The van der Waals surface area contributed by atoms with Gasteiger partial charge in [-0.15, -0.1) is 0 Å². The molecule has 28 heavy (non-hydrogen) atoms. The quantitative estimate of drug-likeness (QED) is 0.582. The summed E-state index contributed by atoms with van der Waals surface area (Å²) in [4.78, 5) is 35.7. The molecule has 0 spiro atoms. The Kier molecular flexibility index (Phi) is 6.13. The van der Waals surface area contributed by atoms with Crippen LogP contribution in [0.2, 0.25) is 0 Å². The minimum atomic E-state index is -0.931. The van der Waals surface area contributed by atoms with Gasteiger partial charge in [-0.3, -0.25) is 14.4 Å². The third kappa shape index (κ3) is 4.79. The fraction of sp³-hybridized carbons (Fsp3) is 0.286. The smallest absolute Gasteiger partial charge is 0.306 e. The third-order valence-corrected chi connectivity index (χ3v) is 4.57. The Labute approximate surface area is 160 Å². The van der Waals surface area contributed by atoms with E-state index in [-0.39, 0.29) is 18.6 Å². The topological polar surface area (TPSA) is 72.5 Å². The van der Waals surface area contributed by atoms with Crippen molar-refractivity contribution in [3.63, 3.8) is 0 Å². The molecule has 1 aliphatic carbocycles. The molecule has 0 radical (unpaired) electrons. The van der Waals surface area contributed by atoms with Crippen LogP contribution in [0.15, 0.2) is 36.4 Å². The van der Waals surface area contributed by atoms with Crippen LogP contribution in [-0.4, -0.2) is 24.3 Å². The van der Waals surface area contributed by atoms with E-state index in [4.69, 9.17) is 4.74 Å². The Morgan fingerprint density at radius 1 is 0.964 bits per heavy atom. The number of carbonyl (C=O) groups is 3. The van der Waals surface area contributed by atoms with E-state index in [1.54, 1.807) is 6.07 Å². The summed E-state index contributed by atoms with van der Waals surface area (Å²) in [5, 5.41) is 2.02. The van der Waals surface area contributed by atoms with Crippen molar-refractivity contribution in [1.29, 1.82) is 0 Å². The van der Waals surface area contributed by atoms with Crippen LogP contribution in [0.4, 0.5) is 14.5 Å². The van der Waals surface area contributed by atoms with Crippen LogP contribution in [0.1, 0.15) is 40.7 Å². The third-order valence-electron chi connectivity index (χ3n) is 4.57. The van der Waals surface area contributed by atoms with Crippen molar-refractivity contribution in [2.24, 2.45) is 0 Å². The number of para-hydroxylation sites is 1. The van der Waals surface area contributed by atoms with Gasteiger partial charge in [0.2, 0.25) is 0 Å². The van der Waals surface area contributed by atoms with E-state index < -0.39 is 35.8 Å². The van der Waals surface area contributed by atoms with Gasteiger partial charge in [-0.1, -0.05) is 18.2 Å². The first-order chi connectivity index (χ1) is 13.4. The fourth-order valence-corrected chi connectivity index (χ4v) is 3.12. The zero-order valence-corrected chi connectivity index (χ0v) is 15.1. The van der Waals surface area contributed by atoms with E-state index in [0.717, 1.165) is 31.4 Å². The van der Waals surface area contributed by atoms with Crippen molar-refractivity contribution in [1.82, 2.24) is 0 Å². The van der Waals surface area contributed by atoms with Crippen molar-refractivity contribution in [2.45, 2.75) is 32.1 Å². The minimum Gasteiger partial charge on any atom is -0.456 e. The lowest BCUT2D eigenvalue weighted by Crippen LogP contribution is -2.22. The number of amides is 1. The number of aryl methyl sites for hydroxylation is 2. The number of fused-ring (bicyclic) bond motifs is 1. The molecule has 1 amide bonds. The molecule has 2 aromatic rings. The number of esters is 1. The highest BCUT2D eigenvalue weighted by molar-refractivity contribution is 5.98. The molecule has 146 valence electrons. The molecule has 0 unspecified atom stereocenters. The zero-order chi connectivity index (χ0) is 20.1. The number of rotatable bonds is 7. The largest absolute Gasteiger partial charge is 0.456 e. The van der Waals surface area contributed by atoms with Gasteiger partial charge in [0, 0.05) is 12.0 Å². The summed E-state index contributed by atoms with van der Waals surface area (Å²) in [5.41, 5.74) is 2.38. The Balaban J connectivity index is 1.44. The molecule has 5 nitrogen and oxygen atoms in total. The van der Waals surface area contributed by atoms with Gasteiger partial charge in [0.15, 0.2) is 12.4 Å². The number of ether oxygens (including phenoxy) is 1. The second-order valence-corrected chi connectivity index (χ2v) is 6.57. The van der Waals surface area contributed by atoms with Crippen LogP contribution in [-0.2, 0) is 27.2 Å². The molecular weight excluding hydrogens is 368 g/mol. The number of nitrogens with one attached hydrogen (secondary N) is 1. The van der Waals surface area contributed by atoms with Gasteiger partial charge in [-0.25, -0.2) is 8.78 Å². The molecule has 0 saturated heterocycles. The SMILES string of the molecule is O=C(COC(=O)CCC(=O)c1ccc2c(c1)CCC2)Nc1c(F)cccc1F. The summed E-state index contributed by atoms with van der Waals surface area (Å²) in [6.07, 6.45) is 2.84. The Morgan fingerprint density at radius 3 is 2.43 bits per heavy atom.